The molecule has 1 aliphatic heterocycles. The number of fused-ring (bicyclic) bond motifs is 1. The molecule has 196 valence electrons. The topological polar surface area (TPSA) is 203 Å². The van der Waals surface area contributed by atoms with Gasteiger partial charge in [-0.25, -0.2) is 14.8 Å². The Balaban J connectivity index is 0.000000786. The van der Waals surface area contributed by atoms with E-state index in [4.69, 9.17) is 35.3 Å². The van der Waals surface area contributed by atoms with Gasteiger partial charge in [0.1, 0.15) is 11.9 Å². The van der Waals surface area contributed by atoms with Crippen LogP contribution in [0.15, 0.2) is 59.7 Å². The number of carboxylic acid groups (broad SMARTS) is 1. The molecule has 5 rings (SSSR count). The minimum Gasteiger partial charge on any atom is -0.493 e. The number of nitrogen functional groups attached to an aromatic ring is 1. The molecule has 2 aromatic carbocycles. The van der Waals surface area contributed by atoms with Crippen LogP contribution in [0.2, 0.25) is 0 Å². The number of H-pyrrole nitrogens is 1. The third kappa shape index (κ3) is 5.70. The summed E-state index contributed by atoms with van der Waals surface area (Å²) in [5.41, 5.74) is 7.07. The van der Waals surface area contributed by atoms with E-state index in [0.29, 0.717) is 39.9 Å². The molecule has 1 unspecified atom stereocenters. The number of ether oxygens (including phenoxy) is 3. The van der Waals surface area contributed by atoms with Crippen LogP contribution in [-0.2, 0) is 4.79 Å². The van der Waals surface area contributed by atoms with Crippen LogP contribution in [-0.4, -0.2) is 55.5 Å². The number of carboxylic acids is 1. The number of amidine groups is 1. The van der Waals surface area contributed by atoms with Crippen molar-refractivity contribution < 1.29 is 24.1 Å². The van der Waals surface area contributed by atoms with Gasteiger partial charge >= 0.3 is 5.69 Å². The predicted octanol–water partition coefficient (Wildman–Crippen LogP) is 1.66. The summed E-state index contributed by atoms with van der Waals surface area (Å²) in [5.74, 6) is 1.09. The molecule has 0 saturated carbocycles. The van der Waals surface area contributed by atoms with Gasteiger partial charge in [-0.2, -0.15) is 0 Å². The van der Waals surface area contributed by atoms with Crippen LogP contribution < -0.4 is 31.0 Å². The van der Waals surface area contributed by atoms with Crippen molar-refractivity contribution in [1.29, 1.82) is 5.41 Å². The Bertz CT molecular complexity index is 1500. The molecule has 4 aromatic rings. The van der Waals surface area contributed by atoms with Gasteiger partial charge in [-0.15, -0.1) is 9.78 Å². The number of methoxy groups -OCH3 is 1. The molecule has 0 aliphatic carbocycles. The summed E-state index contributed by atoms with van der Waals surface area (Å²) < 4.78 is 17.7. The Kier molecular flexibility index (Phi) is 7.51. The standard InChI is InChI=1S/C22H20N8O4.C2H4O2/c1-32-15-9-13(10-16-18(15)34-11-33-16)17(27-14-5-3-12(4-6-14)19(23)24)20-28-22(31)30(29-20)21-25-7-2-8-26-21;1-2(3)4/h2-10,17,27H,11H2,1H3,(H3,23,24)(H,28,29,31);1H3,(H,3,4). The summed E-state index contributed by atoms with van der Waals surface area (Å²) in [5, 5.41) is 22.8. The van der Waals surface area contributed by atoms with Crippen molar-refractivity contribution in [2.45, 2.75) is 13.0 Å². The summed E-state index contributed by atoms with van der Waals surface area (Å²) in [6.45, 7) is 1.16. The second-order valence-electron chi connectivity index (χ2n) is 7.82. The van der Waals surface area contributed by atoms with Crippen molar-refractivity contribution >= 4 is 17.5 Å². The zero-order valence-electron chi connectivity index (χ0n) is 20.3. The molecule has 1 aliphatic rings. The van der Waals surface area contributed by atoms with Crippen LogP contribution in [0.25, 0.3) is 5.95 Å². The molecule has 0 spiro atoms. The quantitative estimate of drug-likeness (QED) is 0.175. The SMILES string of the molecule is CC(=O)O.COc1cc(C(Nc2ccc(C(=N)N)cc2)c2nn(-c3ncccn3)c(=O)[nH]2)cc2c1OCO2. The van der Waals surface area contributed by atoms with E-state index in [9.17, 15) is 4.79 Å². The molecular weight excluding hydrogens is 496 g/mol. The monoisotopic (exact) mass is 520 g/mol. The summed E-state index contributed by atoms with van der Waals surface area (Å²) in [7, 11) is 1.54. The first-order valence-corrected chi connectivity index (χ1v) is 11.1. The number of hydrogen-bond donors (Lipinski definition) is 5. The fourth-order valence-electron chi connectivity index (χ4n) is 3.55. The lowest BCUT2D eigenvalue weighted by molar-refractivity contribution is -0.134. The zero-order valence-corrected chi connectivity index (χ0v) is 20.3. The molecule has 14 heteroatoms. The smallest absolute Gasteiger partial charge is 0.350 e. The molecule has 0 amide bonds. The Morgan fingerprint density at radius 1 is 1.24 bits per heavy atom. The molecule has 6 N–H and O–H groups in total. The third-order valence-electron chi connectivity index (χ3n) is 5.17. The highest BCUT2D eigenvalue weighted by molar-refractivity contribution is 5.95. The highest BCUT2D eigenvalue weighted by Gasteiger charge is 2.27. The van der Waals surface area contributed by atoms with E-state index in [1.165, 1.54) is 19.5 Å². The van der Waals surface area contributed by atoms with Gasteiger partial charge in [0.15, 0.2) is 17.3 Å². The number of hydrogen-bond acceptors (Lipinski definition) is 10. The Hall–Kier alpha value is -5.40. The number of aliphatic carboxylic acids is 1. The van der Waals surface area contributed by atoms with Crippen molar-refractivity contribution in [3.8, 4) is 23.2 Å². The van der Waals surface area contributed by atoms with Gasteiger partial charge in [-0.1, -0.05) is 0 Å². The molecule has 1 atom stereocenters. The minimum absolute atomic E-state index is 0.0328. The minimum atomic E-state index is -0.833. The van der Waals surface area contributed by atoms with E-state index in [1.54, 1.807) is 42.5 Å². The van der Waals surface area contributed by atoms with Gasteiger partial charge < -0.3 is 30.4 Å². The van der Waals surface area contributed by atoms with Crippen molar-refractivity contribution in [2.75, 3.05) is 19.2 Å². The Labute approximate surface area is 215 Å². The van der Waals surface area contributed by atoms with Crippen molar-refractivity contribution in [3.63, 3.8) is 0 Å². The summed E-state index contributed by atoms with van der Waals surface area (Å²) >= 11 is 0. The molecule has 0 fully saturated rings. The number of benzene rings is 2. The number of carbonyl (C=O) groups is 1. The van der Waals surface area contributed by atoms with Crippen LogP contribution in [0.1, 0.15) is 29.9 Å². The van der Waals surface area contributed by atoms with E-state index in [-0.39, 0.29) is 18.6 Å². The molecule has 3 heterocycles. The number of anilines is 1. The predicted molar refractivity (Wildman–Crippen MR) is 135 cm³/mol. The number of nitrogens with two attached hydrogens (primary N) is 1. The zero-order chi connectivity index (χ0) is 27.2. The lowest BCUT2D eigenvalue weighted by Gasteiger charge is -2.19. The van der Waals surface area contributed by atoms with Crippen LogP contribution in [0.5, 0.6) is 17.2 Å². The molecule has 14 nitrogen and oxygen atoms in total. The maximum atomic E-state index is 12.7. The lowest BCUT2D eigenvalue weighted by Crippen LogP contribution is -2.18. The lowest BCUT2D eigenvalue weighted by atomic mass is 10.0. The number of aromatic nitrogens is 5. The van der Waals surface area contributed by atoms with E-state index in [1.807, 2.05) is 0 Å². The van der Waals surface area contributed by atoms with Crippen LogP contribution >= 0.6 is 0 Å². The van der Waals surface area contributed by atoms with E-state index >= 15 is 0 Å². The summed E-state index contributed by atoms with van der Waals surface area (Å²) in [6.07, 6.45) is 3.05. The summed E-state index contributed by atoms with van der Waals surface area (Å²) in [4.78, 5) is 32.7. The first-order chi connectivity index (χ1) is 18.3. The van der Waals surface area contributed by atoms with Crippen molar-refractivity contribution in [1.82, 2.24) is 24.7 Å². The second-order valence-corrected chi connectivity index (χ2v) is 7.82. The Morgan fingerprint density at radius 2 is 1.92 bits per heavy atom. The number of aromatic amines is 1. The largest absolute Gasteiger partial charge is 0.493 e. The number of nitrogens with zero attached hydrogens (tertiary/aromatic N) is 4. The maximum absolute atomic E-state index is 12.7. The molecule has 2 aromatic heterocycles. The van der Waals surface area contributed by atoms with Gasteiger partial charge in [-0.05, 0) is 48.0 Å². The number of rotatable bonds is 7. The molecular formula is C24H24N8O6. The highest BCUT2D eigenvalue weighted by Crippen LogP contribution is 2.44. The number of nitrogens with one attached hydrogen (secondary N) is 3. The molecule has 38 heavy (non-hydrogen) atoms. The fraction of sp³-hybridized carbons (Fsp3) is 0.167. The van der Waals surface area contributed by atoms with Crippen LogP contribution in [0.4, 0.5) is 5.69 Å². The van der Waals surface area contributed by atoms with E-state index < -0.39 is 17.7 Å². The first kappa shape index (κ1) is 25.7. The van der Waals surface area contributed by atoms with Crippen LogP contribution in [0, 0.1) is 5.41 Å². The average Bonchev–Trinajstić information content (AvgIpc) is 3.53. The van der Waals surface area contributed by atoms with Gasteiger partial charge in [0, 0.05) is 30.6 Å². The van der Waals surface area contributed by atoms with Gasteiger partial charge in [0.05, 0.1) is 7.11 Å². The summed E-state index contributed by atoms with van der Waals surface area (Å²) in [6, 6.07) is 11.6. The van der Waals surface area contributed by atoms with Crippen molar-refractivity contribution in [3.05, 3.63) is 82.3 Å². The normalized spacial score (nSPS) is 12.2. The third-order valence-corrected chi connectivity index (χ3v) is 5.17. The molecule has 0 radical (unpaired) electrons. The van der Waals surface area contributed by atoms with E-state index in [0.717, 1.165) is 11.6 Å². The molecule has 0 saturated heterocycles. The average molecular weight is 521 g/mol. The van der Waals surface area contributed by atoms with Crippen LogP contribution in [0.3, 0.4) is 0 Å². The van der Waals surface area contributed by atoms with Gasteiger partial charge in [0.25, 0.3) is 11.9 Å². The molecule has 0 bridgehead atoms. The maximum Gasteiger partial charge on any atom is 0.350 e. The first-order valence-electron chi connectivity index (χ1n) is 11.1. The Morgan fingerprint density at radius 3 is 2.55 bits per heavy atom. The van der Waals surface area contributed by atoms with E-state index in [2.05, 4.69) is 25.4 Å². The second kappa shape index (κ2) is 11.1. The fourth-order valence-corrected chi connectivity index (χ4v) is 3.55. The van der Waals surface area contributed by atoms with Crippen molar-refractivity contribution in [2.24, 2.45) is 5.73 Å². The van der Waals surface area contributed by atoms with Gasteiger partial charge in [-0.3, -0.25) is 15.2 Å². The van der Waals surface area contributed by atoms with Gasteiger partial charge in [0.2, 0.25) is 12.5 Å². The highest BCUT2D eigenvalue weighted by atomic mass is 16.7.